The fourth-order valence-electron chi connectivity index (χ4n) is 4.68. The van der Waals surface area contributed by atoms with E-state index >= 15 is 0 Å². The average molecular weight is 375 g/mol. The minimum Gasteiger partial charge on any atom is -0.334 e. The summed E-state index contributed by atoms with van der Waals surface area (Å²) in [7, 11) is 0. The SMILES string of the molecule is CCc1cc(C2CCCC2)cc(CC)c1N(S)C(=O)NC1CCCCC1. The Kier molecular flexibility index (Phi) is 6.91. The molecule has 0 aliphatic heterocycles. The van der Waals surface area contributed by atoms with Crippen LogP contribution in [0.15, 0.2) is 12.1 Å². The smallest absolute Gasteiger partial charge is 0.332 e. The normalized spacial score (nSPS) is 18.9. The van der Waals surface area contributed by atoms with Gasteiger partial charge in [-0.3, -0.25) is 0 Å². The maximum atomic E-state index is 12.8. The highest BCUT2D eigenvalue weighted by Gasteiger charge is 2.25. The maximum absolute atomic E-state index is 12.8. The number of urea groups is 1. The third kappa shape index (κ3) is 4.39. The van der Waals surface area contributed by atoms with Crippen molar-refractivity contribution in [1.29, 1.82) is 0 Å². The van der Waals surface area contributed by atoms with Crippen molar-refractivity contribution in [3.05, 3.63) is 28.8 Å². The molecule has 0 bridgehead atoms. The van der Waals surface area contributed by atoms with Crippen molar-refractivity contribution < 1.29 is 4.79 Å². The van der Waals surface area contributed by atoms with Gasteiger partial charge in [0.15, 0.2) is 0 Å². The minimum absolute atomic E-state index is 0.0711. The number of anilines is 1. The molecule has 3 rings (SSSR count). The predicted octanol–water partition coefficient (Wildman–Crippen LogP) is 6.16. The van der Waals surface area contributed by atoms with E-state index in [-0.39, 0.29) is 6.03 Å². The summed E-state index contributed by atoms with van der Waals surface area (Å²) in [5, 5.41) is 3.20. The molecular weight excluding hydrogens is 340 g/mol. The molecule has 0 radical (unpaired) electrons. The maximum Gasteiger partial charge on any atom is 0.332 e. The van der Waals surface area contributed by atoms with Crippen LogP contribution < -0.4 is 9.62 Å². The van der Waals surface area contributed by atoms with Gasteiger partial charge >= 0.3 is 6.03 Å². The molecule has 0 unspecified atom stereocenters. The first-order valence-corrected chi connectivity index (χ1v) is 11.0. The zero-order valence-corrected chi connectivity index (χ0v) is 17.3. The highest BCUT2D eigenvalue weighted by atomic mass is 32.1. The van der Waals surface area contributed by atoms with Crippen LogP contribution in [0, 0.1) is 0 Å². The van der Waals surface area contributed by atoms with Gasteiger partial charge in [0.1, 0.15) is 0 Å². The van der Waals surface area contributed by atoms with E-state index < -0.39 is 0 Å². The van der Waals surface area contributed by atoms with E-state index in [1.54, 1.807) is 4.31 Å². The monoisotopic (exact) mass is 374 g/mol. The second kappa shape index (κ2) is 9.16. The second-order valence-electron chi connectivity index (χ2n) is 7.97. The van der Waals surface area contributed by atoms with Crippen molar-refractivity contribution in [2.45, 2.75) is 96.4 Å². The number of benzene rings is 1. The van der Waals surface area contributed by atoms with Gasteiger partial charge in [-0.15, -0.1) is 0 Å². The standard InChI is InChI=1S/C22H34N2OS/c1-3-16-14-19(18-10-8-9-11-18)15-17(4-2)21(16)24(26)22(25)23-20-12-6-5-7-13-20/h14-15,18,20,26H,3-13H2,1-2H3,(H,23,25). The van der Waals surface area contributed by atoms with Gasteiger partial charge in [-0.2, -0.15) is 0 Å². The van der Waals surface area contributed by atoms with Gasteiger partial charge in [0.05, 0.1) is 5.69 Å². The molecule has 0 atom stereocenters. The summed E-state index contributed by atoms with van der Waals surface area (Å²) in [5.41, 5.74) is 4.97. The van der Waals surface area contributed by atoms with Gasteiger partial charge < -0.3 is 5.32 Å². The van der Waals surface area contributed by atoms with Gasteiger partial charge in [-0.05, 0) is 61.1 Å². The molecule has 4 heteroatoms. The summed E-state index contributed by atoms with van der Waals surface area (Å²) >= 11 is 4.63. The number of thiol groups is 1. The van der Waals surface area contributed by atoms with Gasteiger partial charge in [0.2, 0.25) is 0 Å². The molecule has 2 fully saturated rings. The molecule has 0 aromatic heterocycles. The molecule has 0 heterocycles. The first-order chi connectivity index (χ1) is 12.6. The number of rotatable bonds is 5. The molecule has 0 spiro atoms. The zero-order valence-electron chi connectivity index (χ0n) is 16.4. The molecule has 144 valence electrons. The lowest BCUT2D eigenvalue weighted by molar-refractivity contribution is 0.242. The van der Waals surface area contributed by atoms with Crippen LogP contribution in [0.5, 0.6) is 0 Å². The van der Waals surface area contributed by atoms with Crippen LogP contribution in [0.25, 0.3) is 0 Å². The minimum atomic E-state index is -0.0711. The lowest BCUT2D eigenvalue weighted by Crippen LogP contribution is -2.42. The summed E-state index contributed by atoms with van der Waals surface area (Å²) in [6.45, 7) is 4.36. The molecule has 2 saturated carbocycles. The molecule has 2 aliphatic carbocycles. The van der Waals surface area contributed by atoms with Crippen LogP contribution in [-0.2, 0) is 12.8 Å². The van der Waals surface area contributed by atoms with E-state index in [1.165, 1.54) is 61.6 Å². The number of aryl methyl sites for hydroxylation is 2. The number of hydrogen-bond acceptors (Lipinski definition) is 2. The largest absolute Gasteiger partial charge is 0.334 e. The summed E-state index contributed by atoms with van der Waals surface area (Å²) in [6, 6.07) is 4.90. The molecule has 1 aromatic carbocycles. The van der Waals surface area contributed by atoms with Crippen LogP contribution >= 0.6 is 12.8 Å². The lowest BCUT2D eigenvalue weighted by atomic mass is 9.91. The Labute approximate surface area is 164 Å². The third-order valence-electron chi connectivity index (χ3n) is 6.22. The van der Waals surface area contributed by atoms with Crippen molar-refractivity contribution in [2.75, 3.05) is 4.31 Å². The van der Waals surface area contributed by atoms with Crippen LogP contribution in [0.4, 0.5) is 10.5 Å². The van der Waals surface area contributed by atoms with Crippen LogP contribution in [0.3, 0.4) is 0 Å². The number of nitrogens with zero attached hydrogens (tertiary/aromatic N) is 1. The number of amides is 2. The van der Waals surface area contributed by atoms with E-state index in [0.29, 0.717) is 12.0 Å². The number of hydrogen-bond donors (Lipinski definition) is 2. The number of nitrogens with one attached hydrogen (secondary N) is 1. The van der Waals surface area contributed by atoms with Crippen molar-refractivity contribution in [2.24, 2.45) is 0 Å². The van der Waals surface area contributed by atoms with Crippen LogP contribution in [0.2, 0.25) is 0 Å². The summed E-state index contributed by atoms with van der Waals surface area (Å²) < 4.78 is 1.57. The molecular formula is C22H34N2OS. The molecule has 0 saturated heterocycles. The first-order valence-electron chi connectivity index (χ1n) is 10.6. The van der Waals surface area contributed by atoms with Gasteiger partial charge in [-0.25, -0.2) is 9.10 Å². The van der Waals surface area contributed by atoms with Crippen molar-refractivity contribution in [3.8, 4) is 0 Å². The van der Waals surface area contributed by atoms with Crippen LogP contribution in [-0.4, -0.2) is 12.1 Å². The van der Waals surface area contributed by atoms with E-state index in [1.807, 2.05) is 0 Å². The molecule has 2 aliphatic rings. The van der Waals surface area contributed by atoms with Gasteiger partial charge in [-0.1, -0.05) is 70.9 Å². The highest BCUT2D eigenvalue weighted by Crippen LogP contribution is 2.38. The third-order valence-corrected chi connectivity index (χ3v) is 6.60. The van der Waals surface area contributed by atoms with E-state index in [4.69, 9.17) is 0 Å². The average Bonchev–Trinajstić information content (AvgIpc) is 3.21. The van der Waals surface area contributed by atoms with Gasteiger partial charge in [0.25, 0.3) is 0 Å². The highest BCUT2D eigenvalue weighted by molar-refractivity contribution is 7.82. The van der Waals surface area contributed by atoms with E-state index in [0.717, 1.165) is 31.4 Å². The Morgan fingerprint density at radius 2 is 1.54 bits per heavy atom. The number of carbonyl (C=O) groups excluding carboxylic acids is 1. The Morgan fingerprint density at radius 3 is 2.08 bits per heavy atom. The Balaban J connectivity index is 1.83. The summed E-state index contributed by atoms with van der Waals surface area (Å²) in [6.07, 6.45) is 13.1. The molecule has 3 nitrogen and oxygen atoms in total. The zero-order chi connectivity index (χ0) is 18.5. The predicted molar refractivity (Wildman–Crippen MR) is 113 cm³/mol. The first kappa shape index (κ1) is 19.6. The van der Waals surface area contributed by atoms with Crippen molar-refractivity contribution in [3.63, 3.8) is 0 Å². The van der Waals surface area contributed by atoms with Gasteiger partial charge in [0, 0.05) is 6.04 Å². The fraction of sp³-hybridized carbons (Fsp3) is 0.682. The quantitative estimate of drug-likeness (QED) is 0.594. The van der Waals surface area contributed by atoms with Crippen molar-refractivity contribution >= 4 is 24.5 Å². The molecule has 1 N–H and O–H groups in total. The molecule has 26 heavy (non-hydrogen) atoms. The Bertz CT molecular complexity index is 594. The summed E-state index contributed by atoms with van der Waals surface area (Å²) in [4.78, 5) is 12.8. The fourth-order valence-corrected chi connectivity index (χ4v) is 4.99. The van der Waals surface area contributed by atoms with Crippen LogP contribution in [0.1, 0.15) is 94.2 Å². The number of carbonyl (C=O) groups is 1. The van der Waals surface area contributed by atoms with E-state index in [2.05, 4.69) is 44.1 Å². The van der Waals surface area contributed by atoms with E-state index in [9.17, 15) is 4.79 Å². The molecule has 1 aromatic rings. The lowest BCUT2D eigenvalue weighted by Gasteiger charge is -2.28. The Morgan fingerprint density at radius 1 is 1.00 bits per heavy atom. The summed E-state index contributed by atoms with van der Waals surface area (Å²) in [5.74, 6) is 0.698. The topological polar surface area (TPSA) is 32.3 Å². The Hall–Kier alpha value is -1.16. The molecule has 2 amide bonds. The van der Waals surface area contributed by atoms with Crippen molar-refractivity contribution in [1.82, 2.24) is 5.32 Å². The second-order valence-corrected chi connectivity index (χ2v) is 8.37.